The number of methoxy groups -OCH3 is 2. The summed E-state index contributed by atoms with van der Waals surface area (Å²) in [5.41, 5.74) is 6.30. The first kappa shape index (κ1) is 12.0. The van der Waals surface area contributed by atoms with Crippen molar-refractivity contribution in [2.75, 3.05) is 25.3 Å². The Labute approximate surface area is 105 Å². The maximum atomic E-state index is 5.57. The summed E-state index contributed by atoms with van der Waals surface area (Å²) >= 11 is 0. The van der Waals surface area contributed by atoms with Gasteiger partial charge in [-0.1, -0.05) is 0 Å². The number of rotatable bonds is 4. The third kappa shape index (κ3) is 2.60. The molecule has 0 spiro atoms. The number of nitrogens with zero attached hydrogens (tertiary/aromatic N) is 2. The van der Waals surface area contributed by atoms with Crippen molar-refractivity contribution >= 4 is 17.3 Å². The summed E-state index contributed by atoms with van der Waals surface area (Å²) in [7, 11) is 3.20. The first-order valence-corrected chi connectivity index (χ1v) is 5.29. The van der Waals surface area contributed by atoms with Crippen LogP contribution in [0.15, 0.2) is 30.6 Å². The highest BCUT2D eigenvalue weighted by atomic mass is 16.5. The van der Waals surface area contributed by atoms with Crippen LogP contribution >= 0.6 is 0 Å². The average Bonchev–Trinajstić information content (AvgIpc) is 2.38. The van der Waals surface area contributed by atoms with E-state index in [9.17, 15) is 0 Å². The molecule has 2 rings (SSSR count). The molecule has 2 aromatic rings. The van der Waals surface area contributed by atoms with E-state index in [4.69, 9.17) is 15.2 Å². The smallest absolute Gasteiger partial charge is 0.151 e. The predicted octanol–water partition coefficient (Wildman–Crippen LogP) is 1.82. The topological polar surface area (TPSA) is 82.3 Å². The van der Waals surface area contributed by atoms with Gasteiger partial charge in [0.25, 0.3) is 0 Å². The minimum absolute atomic E-state index is 0.349. The fourth-order valence-corrected chi connectivity index (χ4v) is 1.49. The normalized spacial score (nSPS) is 9.89. The molecule has 1 heterocycles. The number of anilines is 3. The highest BCUT2D eigenvalue weighted by Crippen LogP contribution is 2.30. The van der Waals surface area contributed by atoms with Crippen LogP contribution in [0.25, 0.3) is 0 Å². The Hall–Kier alpha value is -2.50. The van der Waals surface area contributed by atoms with Gasteiger partial charge in [-0.25, -0.2) is 4.98 Å². The zero-order valence-electron chi connectivity index (χ0n) is 10.2. The highest BCUT2D eigenvalue weighted by molar-refractivity contribution is 5.66. The van der Waals surface area contributed by atoms with Crippen LogP contribution < -0.4 is 20.5 Å². The molecule has 94 valence electrons. The number of hydrogen-bond acceptors (Lipinski definition) is 6. The van der Waals surface area contributed by atoms with Gasteiger partial charge in [-0.05, 0) is 12.1 Å². The number of nitrogens with two attached hydrogens (primary N) is 1. The molecule has 0 fully saturated rings. The second kappa shape index (κ2) is 5.22. The molecular formula is C12H14N4O2. The van der Waals surface area contributed by atoms with Crippen molar-refractivity contribution in [2.24, 2.45) is 0 Å². The fourth-order valence-electron chi connectivity index (χ4n) is 1.49. The van der Waals surface area contributed by atoms with Gasteiger partial charge in [-0.3, -0.25) is 4.98 Å². The second-order valence-corrected chi connectivity index (χ2v) is 3.52. The second-order valence-electron chi connectivity index (χ2n) is 3.52. The molecule has 0 atom stereocenters. The minimum atomic E-state index is 0.349. The largest absolute Gasteiger partial charge is 0.497 e. The maximum Gasteiger partial charge on any atom is 0.151 e. The van der Waals surface area contributed by atoms with Gasteiger partial charge in [0.2, 0.25) is 0 Å². The van der Waals surface area contributed by atoms with E-state index in [2.05, 4.69) is 15.3 Å². The van der Waals surface area contributed by atoms with Gasteiger partial charge in [0.1, 0.15) is 17.3 Å². The van der Waals surface area contributed by atoms with Crippen molar-refractivity contribution in [1.82, 2.24) is 9.97 Å². The van der Waals surface area contributed by atoms with E-state index >= 15 is 0 Å². The zero-order valence-corrected chi connectivity index (χ0v) is 10.2. The molecule has 0 aliphatic rings. The molecule has 1 aromatic carbocycles. The Balaban J connectivity index is 2.32. The molecule has 0 saturated heterocycles. The lowest BCUT2D eigenvalue weighted by molar-refractivity contribution is 0.405. The predicted molar refractivity (Wildman–Crippen MR) is 69.3 cm³/mol. The number of benzene rings is 1. The zero-order chi connectivity index (χ0) is 13.0. The Morgan fingerprint density at radius 2 is 2.00 bits per heavy atom. The summed E-state index contributed by atoms with van der Waals surface area (Å²) in [6.07, 6.45) is 3.06. The Bertz CT molecular complexity index is 545. The van der Waals surface area contributed by atoms with Gasteiger partial charge in [-0.15, -0.1) is 0 Å². The molecule has 0 radical (unpaired) electrons. The van der Waals surface area contributed by atoms with Crippen LogP contribution in [0.2, 0.25) is 0 Å². The number of hydrogen-bond donors (Lipinski definition) is 2. The molecule has 0 aliphatic carbocycles. The standard InChI is InChI=1S/C12H14N4O2/c1-17-8-3-4-10(18-2)9(5-8)15-12-7-14-6-11(13)16-12/h3-7H,1-2H3,(H3,13,15,16). The molecule has 6 nitrogen and oxygen atoms in total. The summed E-state index contributed by atoms with van der Waals surface area (Å²) in [5, 5.41) is 3.08. The number of nitrogen functional groups attached to an aromatic ring is 1. The minimum Gasteiger partial charge on any atom is -0.497 e. The molecule has 3 N–H and O–H groups in total. The monoisotopic (exact) mass is 246 g/mol. The van der Waals surface area contributed by atoms with Gasteiger partial charge in [-0.2, -0.15) is 0 Å². The van der Waals surface area contributed by atoms with E-state index in [1.165, 1.54) is 6.20 Å². The molecule has 0 saturated carbocycles. The molecular weight excluding hydrogens is 232 g/mol. The Kier molecular flexibility index (Phi) is 3.47. The third-order valence-electron chi connectivity index (χ3n) is 2.32. The fraction of sp³-hybridized carbons (Fsp3) is 0.167. The highest BCUT2D eigenvalue weighted by Gasteiger charge is 2.06. The van der Waals surface area contributed by atoms with Gasteiger partial charge in [0.05, 0.1) is 32.3 Å². The first-order chi connectivity index (χ1) is 8.72. The number of aromatic nitrogens is 2. The van der Waals surface area contributed by atoms with Crippen LogP contribution in [0, 0.1) is 0 Å². The molecule has 1 aromatic heterocycles. The summed E-state index contributed by atoms with van der Waals surface area (Å²) in [4.78, 5) is 8.06. The van der Waals surface area contributed by atoms with Gasteiger partial charge in [0, 0.05) is 6.07 Å². The molecule has 0 amide bonds. The Morgan fingerprint density at radius 1 is 1.17 bits per heavy atom. The maximum absolute atomic E-state index is 5.57. The third-order valence-corrected chi connectivity index (χ3v) is 2.32. The lowest BCUT2D eigenvalue weighted by Crippen LogP contribution is -2.00. The van der Waals surface area contributed by atoms with Crippen LogP contribution in [-0.4, -0.2) is 24.2 Å². The molecule has 0 bridgehead atoms. The van der Waals surface area contributed by atoms with Gasteiger partial charge in [0.15, 0.2) is 5.82 Å². The van der Waals surface area contributed by atoms with Crippen molar-refractivity contribution in [3.63, 3.8) is 0 Å². The van der Waals surface area contributed by atoms with Crippen molar-refractivity contribution < 1.29 is 9.47 Å². The van der Waals surface area contributed by atoms with Crippen LogP contribution in [0.3, 0.4) is 0 Å². The molecule has 6 heteroatoms. The summed E-state index contributed by atoms with van der Waals surface area (Å²) in [5.74, 6) is 2.29. The first-order valence-electron chi connectivity index (χ1n) is 5.29. The summed E-state index contributed by atoms with van der Waals surface area (Å²) in [6, 6.07) is 5.43. The summed E-state index contributed by atoms with van der Waals surface area (Å²) in [6.45, 7) is 0. The molecule has 18 heavy (non-hydrogen) atoms. The van der Waals surface area contributed by atoms with Crippen molar-refractivity contribution in [1.29, 1.82) is 0 Å². The molecule has 0 aliphatic heterocycles. The number of ether oxygens (including phenoxy) is 2. The van der Waals surface area contributed by atoms with Gasteiger partial charge >= 0.3 is 0 Å². The van der Waals surface area contributed by atoms with Crippen molar-refractivity contribution in [3.05, 3.63) is 30.6 Å². The van der Waals surface area contributed by atoms with E-state index in [0.29, 0.717) is 17.4 Å². The van der Waals surface area contributed by atoms with Crippen molar-refractivity contribution in [2.45, 2.75) is 0 Å². The van der Waals surface area contributed by atoms with Crippen LogP contribution in [0.1, 0.15) is 0 Å². The molecule has 0 unspecified atom stereocenters. The SMILES string of the molecule is COc1ccc(OC)c(Nc2cncc(N)n2)c1. The van der Waals surface area contributed by atoms with E-state index in [1.807, 2.05) is 12.1 Å². The van der Waals surface area contributed by atoms with Crippen LogP contribution in [0.5, 0.6) is 11.5 Å². The van der Waals surface area contributed by atoms with Crippen LogP contribution in [0.4, 0.5) is 17.3 Å². The van der Waals surface area contributed by atoms with Crippen LogP contribution in [-0.2, 0) is 0 Å². The average molecular weight is 246 g/mol. The lowest BCUT2D eigenvalue weighted by Gasteiger charge is -2.11. The quantitative estimate of drug-likeness (QED) is 0.856. The van der Waals surface area contributed by atoms with E-state index < -0.39 is 0 Å². The van der Waals surface area contributed by atoms with E-state index in [0.717, 1.165) is 11.4 Å². The number of nitrogens with one attached hydrogen (secondary N) is 1. The lowest BCUT2D eigenvalue weighted by atomic mass is 10.2. The summed E-state index contributed by atoms with van der Waals surface area (Å²) < 4.78 is 10.4. The Morgan fingerprint density at radius 3 is 2.67 bits per heavy atom. The van der Waals surface area contributed by atoms with E-state index in [-0.39, 0.29) is 0 Å². The van der Waals surface area contributed by atoms with Gasteiger partial charge < -0.3 is 20.5 Å². The van der Waals surface area contributed by atoms with E-state index in [1.54, 1.807) is 26.5 Å². The van der Waals surface area contributed by atoms with Crippen molar-refractivity contribution in [3.8, 4) is 11.5 Å².